The van der Waals surface area contributed by atoms with Crippen LogP contribution in [0, 0.1) is 0 Å². The van der Waals surface area contributed by atoms with E-state index in [4.69, 9.17) is 14.2 Å². The average molecular weight is 248 g/mol. The van der Waals surface area contributed by atoms with Crippen molar-refractivity contribution in [2.45, 2.75) is 44.6 Å². The van der Waals surface area contributed by atoms with Crippen LogP contribution >= 0.6 is 0 Å². The lowest BCUT2D eigenvalue weighted by Gasteiger charge is -2.24. The molecule has 0 aromatic heterocycles. The van der Waals surface area contributed by atoms with Crippen LogP contribution in [0.4, 0.5) is 0 Å². The Bertz CT molecular complexity index is 422. The van der Waals surface area contributed by atoms with Crippen LogP contribution < -0.4 is 14.2 Å². The Hall–Kier alpha value is -1.38. The minimum absolute atomic E-state index is 0.330. The molecular formula is C15H20O3. The Morgan fingerprint density at radius 1 is 1.17 bits per heavy atom. The van der Waals surface area contributed by atoms with Crippen LogP contribution in [0.2, 0.25) is 0 Å². The van der Waals surface area contributed by atoms with E-state index in [0.717, 1.165) is 49.5 Å². The fourth-order valence-electron chi connectivity index (χ4n) is 2.82. The monoisotopic (exact) mass is 248 g/mol. The second kappa shape index (κ2) is 5.09. The molecule has 0 spiro atoms. The minimum atomic E-state index is 0.330. The summed E-state index contributed by atoms with van der Waals surface area (Å²) in [7, 11) is 1.69. The van der Waals surface area contributed by atoms with Crippen LogP contribution in [-0.4, -0.2) is 19.8 Å². The highest BCUT2D eigenvalue weighted by Crippen LogP contribution is 2.43. The summed E-state index contributed by atoms with van der Waals surface area (Å²) in [5.74, 6) is 2.52. The van der Waals surface area contributed by atoms with E-state index in [1.807, 2.05) is 6.07 Å². The van der Waals surface area contributed by atoms with Crippen LogP contribution in [-0.2, 0) is 6.42 Å². The van der Waals surface area contributed by atoms with Crippen molar-refractivity contribution in [2.75, 3.05) is 13.7 Å². The standard InChI is InChI=1S/C15H20O3/c1-16-13-9-8-11-5-4-10-17-14(11)15(13)18-12-6-2-3-7-12/h8-9,12H,2-7,10H2,1H3. The van der Waals surface area contributed by atoms with Gasteiger partial charge in [0.25, 0.3) is 0 Å². The number of fused-ring (bicyclic) bond motifs is 1. The molecule has 3 nitrogen and oxygen atoms in total. The molecule has 0 radical (unpaired) electrons. The number of methoxy groups -OCH3 is 1. The molecular weight excluding hydrogens is 228 g/mol. The SMILES string of the molecule is COc1ccc2c(c1OC1CCCC1)OCCC2. The maximum atomic E-state index is 6.15. The van der Waals surface area contributed by atoms with E-state index in [9.17, 15) is 0 Å². The lowest BCUT2D eigenvalue weighted by molar-refractivity contribution is 0.182. The van der Waals surface area contributed by atoms with E-state index in [-0.39, 0.29) is 0 Å². The molecule has 0 saturated heterocycles. The summed E-state index contributed by atoms with van der Waals surface area (Å²) in [4.78, 5) is 0. The Labute approximate surface area is 108 Å². The van der Waals surface area contributed by atoms with E-state index in [1.54, 1.807) is 7.11 Å². The molecule has 0 atom stereocenters. The summed E-state index contributed by atoms with van der Waals surface area (Å²) in [6.45, 7) is 0.779. The number of ether oxygens (including phenoxy) is 3. The van der Waals surface area contributed by atoms with Crippen molar-refractivity contribution in [3.63, 3.8) is 0 Å². The van der Waals surface area contributed by atoms with E-state index < -0.39 is 0 Å². The van der Waals surface area contributed by atoms with Crippen molar-refractivity contribution >= 4 is 0 Å². The summed E-state index contributed by atoms with van der Waals surface area (Å²) < 4.78 is 17.4. The molecule has 98 valence electrons. The third kappa shape index (κ3) is 2.14. The molecule has 2 aliphatic rings. The zero-order valence-corrected chi connectivity index (χ0v) is 10.9. The number of aryl methyl sites for hydroxylation is 1. The van der Waals surface area contributed by atoms with Gasteiger partial charge < -0.3 is 14.2 Å². The number of benzene rings is 1. The summed E-state index contributed by atoms with van der Waals surface area (Å²) >= 11 is 0. The van der Waals surface area contributed by atoms with Gasteiger partial charge in [0.2, 0.25) is 5.75 Å². The minimum Gasteiger partial charge on any atom is -0.493 e. The molecule has 0 unspecified atom stereocenters. The van der Waals surface area contributed by atoms with Crippen LogP contribution in [0.25, 0.3) is 0 Å². The Morgan fingerprint density at radius 3 is 2.78 bits per heavy atom. The first-order valence-electron chi connectivity index (χ1n) is 6.88. The summed E-state index contributed by atoms with van der Waals surface area (Å²) in [6, 6.07) is 4.09. The van der Waals surface area contributed by atoms with Gasteiger partial charge >= 0.3 is 0 Å². The predicted molar refractivity (Wildman–Crippen MR) is 69.7 cm³/mol. The van der Waals surface area contributed by atoms with Crippen molar-refractivity contribution in [1.82, 2.24) is 0 Å². The summed E-state index contributed by atoms with van der Waals surface area (Å²) in [6.07, 6.45) is 7.31. The van der Waals surface area contributed by atoms with E-state index in [0.29, 0.717) is 6.10 Å². The second-order valence-electron chi connectivity index (χ2n) is 5.06. The largest absolute Gasteiger partial charge is 0.493 e. The van der Waals surface area contributed by atoms with Gasteiger partial charge in [0, 0.05) is 0 Å². The zero-order chi connectivity index (χ0) is 12.4. The molecule has 1 heterocycles. The maximum Gasteiger partial charge on any atom is 0.204 e. The van der Waals surface area contributed by atoms with E-state index >= 15 is 0 Å². The topological polar surface area (TPSA) is 27.7 Å². The second-order valence-corrected chi connectivity index (χ2v) is 5.06. The molecule has 3 heteroatoms. The normalized spacial score (nSPS) is 19.2. The number of rotatable bonds is 3. The van der Waals surface area contributed by atoms with Gasteiger partial charge in [0.1, 0.15) is 0 Å². The van der Waals surface area contributed by atoms with Crippen molar-refractivity contribution in [3.8, 4) is 17.2 Å². The molecule has 0 bridgehead atoms. The van der Waals surface area contributed by atoms with Crippen molar-refractivity contribution < 1.29 is 14.2 Å². The molecule has 3 rings (SSSR count). The van der Waals surface area contributed by atoms with Crippen molar-refractivity contribution in [2.24, 2.45) is 0 Å². The summed E-state index contributed by atoms with van der Waals surface area (Å²) in [5.41, 5.74) is 1.25. The first kappa shape index (κ1) is 11.7. The van der Waals surface area contributed by atoms with Crippen LogP contribution in [0.3, 0.4) is 0 Å². The fourth-order valence-corrected chi connectivity index (χ4v) is 2.82. The molecule has 1 saturated carbocycles. The first-order valence-corrected chi connectivity index (χ1v) is 6.88. The lowest BCUT2D eigenvalue weighted by atomic mass is 10.1. The van der Waals surface area contributed by atoms with Gasteiger partial charge in [-0.25, -0.2) is 0 Å². The number of hydrogen-bond donors (Lipinski definition) is 0. The Kier molecular flexibility index (Phi) is 3.31. The van der Waals surface area contributed by atoms with Gasteiger partial charge in [-0.05, 0) is 50.2 Å². The highest BCUT2D eigenvalue weighted by Gasteiger charge is 2.24. The van der Waals surface area contributed by atoms with Crippen LogP contribution in [0.15, 0.2) is 12.1 Å². The van der Waals surface area contributed by atoms with Gasteiger partial charge in [0.05, 0.1) is 19.8 Å². The van der Waals surface area contributed by atoms with Gasteiger partial charge in [-0.3, -0.25) is 0 Å². The molecule has 0 N–H and O–H groups in total. The van der Waals surface area contributed by atoms with Gasteiger partial charge in [-0.1, -0.05) is 6.07 Å². The smallest absolute Gasteiger partial charge is 0.204 e. The molecule has 18 heavy (non-hydrogen) atoms. The van der Waals surface area contributed by atoms with Gasteiger partial charge in [-0.2, -0.15) is 0 Å². The molecule has 1 aliphatic carbocycles. The third-order valence-corrected chi connectivity index (χ3v) is 3.80. The molecule has 1 fully saturated rings. The first-order chi connectivity index (χ1) is 8.88. The Morgan fingerprint density at radius 2 is 2.00 bits per heavy atom. The van der Waals surface area contributed by atoms with Crippen LogP contribution in [0.5, 0.6) is 17.2 Å². The van der Waals surface area contributed by atoms with Gasteiger partial charge in [-0.15, -0.1) is 0 Å². The third-order valence-electron chi connectivity index (χ3n) is 3.80. The quantitative estimate of drug-likeness (QED) is 0.821. The van der Waals surface area contributed by atoms with Crippen molar-refractivity contribution in [1.29, 1.82) is 0 Å². The molecule has 1 aromatic rings. The average Bonchev–Trinajstić information content (AvgIpc) is 2.92. The summed E-state index contributed by atoms with van der Waals surface area (Å²) in [5, 5.41) is 0. The van der Waals surface area contributed by atoms with E-state index in [2.05, 4.69) is 6.07 Å². The molecule has 1 aliphatic heterocycles. The predicted octanol–water partition coefficient (Wildman–Crippen LogP) is 3.34. The lowest BCUT2D eigenvalue weighted by Crippen LogP contribution is -2.15. The number of hydrogen-bond acceptors (Lipinski definition) is 3. The molecule has 1 aromatic carbocycles. The van der Waals surface area contributed by atoms with E-state index in [1.165, 1.54) is 18.4 Å². The highest BCUT2D eigenvalue weighted by atomic mass is 16.5. The maximum absolute atomic E-state index is 6.15. The van der Waals surface area contributed by atoms with Gasteiger partial charge in [0.15, 0.2) is 11.5 Å². The molecule has 0 amide bonds. The Balaban J connectivity index is 1.92. The van der Waals surface area contributed by atoms with Crippen LogP contribution in [0.1, 0.15) is 37.7 Å². The van der Waals surface area contributed by atoms with Crippen molar-refractivity contribution in [3.05, 3.63) is 17.7 Å². The fraction of sp³-hybridized carbons (Fsp3) is 0.600. The highest BCUT2D eigenvalue weighted by molar-refractivity contribution is 5.56. The zero-order valence-electron chi connectivity index (χ0n) is 10.9.